The van der Waals surface area contributed by atoms with Gasteiger partial charge < -0.3 is 16.0 Å². The van der Waals surface area contributed by atoms with Gasteiger partial charge in [-0.3, -0.25) is 9.59 Å². The molecule has 5 nitrogen and oxygen atoms in total. The molecule has 2 unspecified atom stereocenters. The number of halogens is 3. The molecule has 1 aromatic rings. The average molecular weight is 343 g/mol. The highest BCUT2D eigenvalue weighted by Gasteiger charge is 2.35. The molecule has 0 spiro atoms. The van der Waals surface area contributed by atoms with E-state index in [0.29, 0.717) is 13.1 Å². The first-order chi connectivity index (χ1) is 11.1. The van der Waals surface area contributed by atoms with Gasteiger partial charge in [-0.05, 0) is 44.0 Å². The Bertz CT molecular complexity index is 646. The fraction of sp³-hybridized carbons (Fsp3) is 0.500. The number of alkyl halides is 3. The number of carbonyl (C=O) groups excluding carboxylic acids is 2. The molecule has 1 fully saturated rings. The molecule has 2 atom stereocenters. The fourth-order valence-electron chi connectivity index (χ4n) is 2.95. The first-order valence-corrected chi connectivity index (χ1v) is 7.62. The van der Waals surface area contributed by atoms with Gasteiger partial charge in [0.2, 0.25) is 5.91 Å². The Morgan fingerprint density at radius 2 is 2.00 bits per heavy atom. The first kappa shape index (κ1) is 18.3. The molecule has 1 aromatic carbocycles. The highest BCUT2D eigenvalue weighted by Crippen LogP contribution is 2.33. The Labute approximate surface area is 138 Å². The molecule has 24 heavy (non-hydrogen) atoms. The molecule has 0 aliphatic carbocycles. The lowest BCUT2D eigenvalue weighted by Gasteiger charge is -2.22. The first-order valence-electron chi connectivity index (χ1n) is 7.62. The number of anilines is 1. The molecule has 0 saturated carbocycles. The summed E-state index contributed by atoms with van der Waals surface area (Å²) in [6, 6.07) is 2.80. The quantitative estimate of drug-likeness (QED) is 0.885. The number of likely N-dealkylation sites (tertiary alicyclic amines) is 1. The van der Waals surface area contributed by atoms with Gasteiger partial charge in [0.05, 0.1) is 5.56 Å². The van der Waals surface area contributed by atoms with Crippen LogP contribution >= 0.6 is 0 Å². The number of nitrogens with one attached hydrogen (secondary N) is 1. The molecule has 1 heterocycles. The second-order valence-corrected chi connectivity index (χ2v) is 6.12. The van der Waals surface area contributed by atoms with Crippen molar-refractivity contribution >= 4 is 17.5 Å². The predicted octanol–water partition coefficient (Wildman–Crippen LogP) is 2.47. The van der Waals surface area contributed by atoms with Gasteiger partial charge >= 0.3 is 6.18 Å². The van der Waals surface area contributed by atoms with Gasteiger partial charge in [0, 0.05) is 30.8 Å². The predicted molar refractivity (Wildman–Crippen MR) is 83.4 cm³/mol. The molecule has 132 valence electrons. The summed E-state index contributed by atoms with van der Waals surface area (Å²) in [5.74, 6) is -0.855. The summed E-state index contributed by atoms with van der Waals surface area (Å²) in [6.07, 6.45) is -3.89. The fourth-order valence-corrected chi connectivity index (χ4v) is 2.95. The van der Waals surface area contributed by atoms with Crippen molar-refractivity contribution in [1.29, 1.82) is 0 Å². The van der Waals surface area contributed by atoms with Gasteiger partial charge in [0.25, 0.3) is 5.91 Å². The lowest BCUT2D eigenvalue weighted by Crippen LogP contribution is -2.34. The van der Waals surface area contributed by atoms with E-state index in [-0.39, 0.29) is 23.2 Å². The Kier molecular flexibility index (Phi) is 5.17. The molecule has 0 bridgehead atoms. The van der Waals surface area contributed by atoms with Crippen LogP contribution in [0.1, 0.15) is 36.2 Å². The van der Waals surface area contributed by atoms with Crippen LogP contribution in [0, 0.1) is 5.92 Å². The second-order valence-electron chi connectivity index (χ2n) is 6.12. The summed E-state index contributed by atoms with van der Waals surface area (Å²) in [5.41, 5.74) is 4.50. The van der Waals surface area contributed by atoms with Crippen molar-refractivity contribution in [3.8, 4) is 0 Å². The van der Waals surface area contributed by atoms with Crippen LogP contribution in [0.5, 0.6) is 0 Å². The molecule has 1 aliphatic heterocycles. The van der Waals surface area contributed by atoms with Crippen molar-refractivity contribution in [2.24, 2.45) is 11.7 Å². The van der Waals surface area contributed by atoms with E-state index >= 15 is 0 Å². The SMILES string of the molecule is CC(=O)Nc1cc(C(=O)N2CC(CN)CC2C)cc(C(F)(F)F)c1. The van der Waals surface area contributed by atoms with Crippen molar-refractivity contribution in [1.82, 2.24) is 4.90 Å². The van der Waals surface area contributed by atoms with Crippen LogP contribution in [-0.4, -0.2) is 35.8 Å². The van der Waals surface area contributed by atoms with Gasteiger partial charge in [-0.1, -0.05) is 0 Å². The molecule has 1 aliphatic rings. The Balaban J connectivity index is 2.37. The highest BCUT2D eigenvalue weighted by molar-refractivity contribution is 5.97. The smallest absolute Gasteiger partial charge is 0.336 e. The van der Waals surface area contributed by atoms with Gasteiger partial charge in [-0.25, -0.2) is 0 Å². The normalized spacial score (nSPS) is 21.0. The van der Waals surface area contributed by atoms with Gasteiger partial charge in [-0.2, -0.15) is 13.2 Å². The zero-order chi connectivity index (χ0) is 18.1. The molecule has 2 amide bonds. The molecule has 2 rings (SSSR count). The topological polar surface area (TPSA) is 75.4 Å². The van der Waals surface area contributed by atoms with E-state index in [4.69, 9.17) is 5.73 Å². The zero-order valence-electron chi connectivity index (χ0n) is 13.5. The number of hydrogen-bond donors (Lipinski definition) is 2. The van der Waals surface area contributed by atoms with E-state index in [2.05, 4.69) is 5.32 Å². The molecule has 8 heteroatoms. The van der Waals surface area contributed by atoms with Crippen LogP contribution in [0.15, 0.2) is 18.2 Å². The number of rotatable bonds is 3. The molecular weight excluding hydrogens is 323 g/mol. The number of carbonyl (C=O) groups is 2. The zero-order valence-corrected chi connectivity index (χ0v) is 13.5. The van der Waals surface area contributed by atoms with Crippen molar-refractivity contribution < 1.29 is 22.8 Å². The maximum absolute atomic E-state index is 13.1. The van der Waals surface area contributed by atoms with E-state index < -0.39 is 23.6 Å². The van der Waals surface area contributed by atoms with E-state index in [1.165, 1.54) is 17.9 Å². The van der Waals surface area contributed by atoms with Crippen LogP contribution in [0.3, 0.4) is 0 Å². The van der Waals surface area contributed by atoms with Crippen LogP contribution in [0.2, 0.25) is 0 Å². The molecule has 0 radical (unpaired) electrons. The summed E-state index contributed by atoms with van der Waals surface area (Å²) < 4.78 is 39.2. The Hall–Kier alpha value is -2.09. The number of nitrogens with zero attached hydrogens (tertiary/aromatic N) is 1. The summed E-state index contributed by atoms with van der Waals surface area (Å²) in [5, 5.41) is 2.30. The number of amides is 2. The molecule has 1 saturated heterocycles. The van der Waals surface area contributed by atoms with Gasteiger partial charge in [-0.15, -0.1) is 0 Å². The van der Waals surface area contributed by atoms with Crippen LogP contribution in [-0.2, 0) is 11.0 Å². The Morgan fingerprint density at radius 1 is 1.33 bits per heavy atom. The van der Waals surface area contributed by atoms with E-state index in [9.17, 15) is 22.8 Å². The van der Waals surface area contributed by atoms with E-state index in [1.54, 1.807) is 0 Å². The Morgan fingerprint density at radius 3 is 2.50 bits per heavy atom. The lowest BCUT2D eigenvalue weighted by atomic mass is 10.1. The van der Waals surface area contributed by atoms with Crippen molar-refractivity contribution in [2.75, 3.05) is 18.4 Å². The summed E-state index contributed by atoms with van der Waals surface area (Å²) in [7, 11) is 0. The molecule has 3 N–H and O–H groups in total. The maximum Gasteiger partial charge on any atom is 0.416 e. The maximum atomic E-state index is 13.1. The third-order valence-corrected chi connectivity index (χ3v) is 4.08. The van der Waals surface area contributed by atoms with Crippen molar-refractivity contribution in [3.63, 3.8) is 0 Å². The highest BCUT2D eigenvalue weighted by atomic mass is 19.4. The standard InChI is InChI=1S/C16H20F3N3O2/c1-9-3-11(7-20)8-22(9)15(24)12-4-13(16(17,18)19)6-14(5-12)21-10(2)23/h4-6,9,11H,3,7-8,20H2,1-2H3,(H,21,23). The summed E-state index contributed by atoms with van der Waals surface area (Å²) >= 11 is 0. The largest absolute Gasteiger partial charge is 0.416 e. The minimum Gasteiger partial charge on any atom is -0.336 e. The van der Waals surface area contributed by atoms with Gasteiger partial charge in [0.15, 0.2) is 0 Å². The van der Waals surface area contributed by atoms with Crippen LogP contribution in [0.25, 0.3) is 0 Å². The minimum absolute atomic E-state index is 0.0529. The van der Waals surface area contributed by atoms with Gasteiger partial charge in [0.1, 0.15) is 0 Å². The average Bonchev–Trinajstić information content (AvgIpc) is 2.85. The third-order valence-electron chi connectivity index (χ3n) is 4.08. The van der Waals surface area contributed by atoms with Crippen LogP contribution in [0.4, 0.5) is 18.9 Å². The second kappa shape index (κ2) is 6.80. The summed E-state index contributed by atoms with van der Waals surface area (Å²) in [4.78, 5) is 25.3. The van der Waals surface area contributed by atoms with E-state index in [1.807, 2.05) is 6.92 Å². The number of nitrogens with two attached hydrogens (primary N) is 1. The minimum atomic E-state index is -4.61. The number of hydrogen-bond acceptors (Lipinski definition) is 3. The van der Waals surface area contributed by atoms with E-state index in [0.717, 1.165) is 18.6 Å². The third kappa shape index (κ3) is 4.05. The monoisotopic (exact) mass is 343 g/mol. The van der Waals surface area contributed by atoms with Crippen LogP contribution < -0.4 is 11.1 Å². The number of benzene rings is 1. The van der Waals surface area contributed by atoms with Crippen molar-refractivity contribution in [2.45, 2.75) is 32.5 Å². The molecular formula is C16H20F3N3O2. The molecule has 0 aromatic heterocycles. The summed E-state index contributed by atoms with van der Waals surface area (Å²) in [6.45, 7) is 3.88. The lowest BCUT2D eigenvalue weighted by molar-refractivity contribution is -0.137. The van der Waals surface area contributed by atoms with Crippen molar-refractivity contribution in [3.05, 3.63) is 29.3 Å².